The van der Waals surface area contributed by atoms with Crippen molar-refractivity contribution in [2.45, 2.75) is 6.42 Å². The molecule has 0 atom stereocenters. The van der Waals surface area contributed by atoms with Gasteiger partial charge < -0.3 is 15.1 Å². The van der Waals surface area contributed by atoms with Crippen molar-refractivity contribution in [3.63, 3.8) is 0 Å². The van der Waals surface area contributed by atoms with Crippen LogP contribution in [0.5, 0.6) is 0 Å². The number of carbonyl (C=O) groups is 2. The lowest BCUT2D eigenvalue weighted by molar-refractivity contribution is -0.145. The molecule has 1 fully saturated rings. The van der Waals surface area contributed by atoms with Gasteiger partial charge in [0.1, 0.15) is 0 Å². The van der Waals surface area contributed by atoms with E-state index in [1.807, 2.05) is 31.3 Å². The minimum Gasteiger partial charge on any atom is -0.336 e. The Kier molecular flexibility index (Phi) is 4.16. The normalized spacial score (nSPS) is 16.1. The van der Waals surface area contributed by atoms with Crippen LogP contribution in [0.4, 0.5) is 5.69 Å². The fourth-order valence-corrected chi connectivity index (χ4v) is 2.09. The lowest BCUT2D eigenvalue weighted by Crippen LogP contribution is -2.53. The predicted octanol–water partition coefficient (Wildman–Crippen LogP) is 0.253. The van der Waals surface area contributed by atoms with Crippen molar-refractivity contribution < 1.29 is 9.59 Å². The van der Waals surface area contributed by atoms with Gasteiger partial charge in [-0.05, 0) is 37.7 Å². The Morgan fingerprint density at radius 3 is 2.42 bits per heavy atom. The Bertz CT molecular complexity index is 470. The quantitative estimate of drug-likeness (QED) is 0.791. The van der Waals surface area contributed by atoms with Gasteiger partial charge in [-0.3, -0.25) is 9.59 Å². The second kappa shape index (κ2) is 5.84. The molecule has 5 nitrogen and oxygen atoms in total. The molecule has 2 amide bonds. The van der Waals surface area contributed by atoms with Gasteiger partial charge in [0.25, 0.3) is 0 Å². The third kappa shape index (κ3) is 2.93. The summed E-state index contributed by atoms with van der Waals surface area (Å²) in [5.41, 5.74) is 2.01. The van der Waals surface area contributed by atoms with Crippen LogP contribution in [0.2, 0.25) is 0 Å². The SMILES string of the molecule is CNCCc1ccc(N2CCN(C)C(=O)C2=O)cc1. The van der Waals surface area contributed by atoms with Gasteiger partial charge in [-0.15, -0.1) is 0 Å². The number of rotatable bonds is 4. The Labute approximate surface area is 113 Å². The predicted molar refractivity (Wildman–Crippen MR) is 74.1 cm³/mol. The number of hydrogen-bond donors (Lipinski definition) is 1. The molecule has 1 aliphatic rings. The molecule has 0 aliphatic carbocycles. The molecule has 2 rings (SSSR count). The van der Waals surface area contributed by atoms with Crippen molar-refractivity contribution in [2.75, 3.05) is 38.6 Å². The molecule has 1 saturated heterocycles. The fourth-order valence-electron chi connectivity index (χ4n) is 2.09. The molecule has 1 heterocycles. The Hall–Kier alpha value is -1.88. The topological polar surface area (TPSA) is 52.6 Å². The number of carbonyl (C=O) groups excluding carboxylic acids is 2. The summed E-state index contributed by atoms with van der Waals surface area (Å²) in [4.78, 5) is 26.6. The average Bonchev–Trinajstić information content (AvgIpc) is 2.44. The Morgan fingerprint density at radius 1 is 1.11 bits per heavy atom. The van der Waals surface area contributed by atoms with E-state index in [4.69, 9.17) is 0 Å². The van der Waals surface area contributed by atoms with Crippen LogP contribution < -0.4 is 10.2 Å². The van der Waals surface area contributed by atoms with Crippen LogP contribution in [0.15, 0.2) is 24.3 Å². The van der Waals surface area contributed by atoms with Crippen LogP contribution in [0.25, 0.3) is 0 Å². The summed E-state index contributed by atoms with van der Waals surface area (Å²) in [5.74, 6) is -0.887. The van der Waals surface area contributed by atoms with Crippen molar-refractivity contribution >= 4 is 17.5 Å². The molecule has 19 heavy (non-hydrogen) atoms. The summed E-state index contributed by atoms with van der Waals surface area (Å²) in [6.45, 7) is 2.05. The van der Waals surface area contributed by atoms with Crippen molar-refractivity contribution in [2.24, 2.45) is 0 Å². The van der Waals surface area contributed by atoms with E-state index in [9.17, 15) is 9.59 Å². The first-order chi connectivity index (χ1) is 9.13. The smallest absolute Gasteiger partial charge is 0.316 e. The van der Waals surface area contributed by atoms with Gasteiger partial charge in [0.2, 0.25) is 0 Å². The molecule has 1 aromatic rings. The first-order valence-electron chi connectivity index (χ1n) is 6.44. The molecule has 0 unspecified atom stereocenters. The number of nitrogens with one attached hydrogen (secondary N) is 1. The van der Waals surface area contributed by atoms with Gasteiger partial charge in [-0.2, -0.15) is 0 Å². The molecular formula is C14H19N3O2. The first-order valence-corrected chi connectivity index (χ1v) is 6.44. The monoisotopic (exact) mass is 261 g/mol. The number of hydrogen-bond acceptors (Lipinski definition) is 3. The fraction of sp³-hybridized carbons (Fsp3) is 0.429. The van der Waals surface area contributed by atoms with Gasteiger partial charge in [0, 0.05) is 25.8 Å². The van der Waals surface area contributed by atoms with Crippen molar-refractivity contribution in [1.29, 1.82) is 0 Å². The van der Waals surface area contributed by atoms with E-state index in [-0.39, 0.29) is 0 Å². The number of piperazine rings is 1. The highest BCUT2D eigenvalue weighted by molar-refractivity contribution is 6.40. The van der Waals surface area contributed by atoms with E-state index in [1.54, 1.807) is 11.9 Å². The molecule has 1 N–H and O–H groups in total. The largest absolute Gasteiger partial charge is 0.336 e. The van der Waals surface area contributed by atoms with E-state index in [2.05, 4.69) is 5.32 Å². The summed E-state index contributed by atoms with van der Waals surface area (Å²) >= 11 is 0. The average molecular weight is 261 g/mol. The van der Waals surface area contributed by atoms with E-state index in [0.717, 1.165) is 18.7 Å². The minimum absolute atomic E-state index is 0.439. The summed E-state index contributed by atoms with van der Waals surface area (Å²) in [6, 6.07) is 7.81. The summed E-state index contributed by atoms with van der Waals surface area (Å²) in [5, 5.41) is 3.10. The Morgan fingerprint density at radius 2 is 1.79 bits per heavy atom. The highest BCUT2D eigenvalue weighted by Crippen LogP contribution is 2.18. The maximum absolute atomic E-state index is 11.9. The minimum atomic E-state index is -0.447. The summed E-state index contributed by atoms with van der Waals surface area (Å²) in [6.07, 6.45) is 0.951. The second-order valence-corrected chi connectivity index (χ2v) is 4.70. The molecule has 1 aliphatic heterocycles. The molecule has 0 saturated carbocycles. The lowest BCUT2D eigenvalue weighted by atomic mass is 10.1. The lowest BCUT2D eigenvalue weighted by Gasteiger charge is -2.31. The van der Waals surface area contributed by atoms with Crippen LogP contribution in [0.1, 0.15) is 5.56 Å². The number of likely N-dealkylation sites (N-methyl/N-ethyl adjacent to an activating group) is 2. The van der Waals surface area contributed by atoms with Crippen LogP contribution in [0, 0.1) is 0 Å². The highest BCUT2D eigenvalue weighted by Gasteiger charge is 2.30. The van der Waals surface area contributed by atoms with Crippen LogP contribution in [-0.4, -0.2) is 50.4 Å². The number of benzene rings is 1. The number of amides is 2. The third-order valence-electron chi connectivity index (χ3n) is 3.35. The zero-order chi connectivity index (χ0) is 13.8. The van der Waals surface area contributed by atoms with Crippen molar-refractivity contribution in [1.82, 2.24) is 10.2 Å². The number of anilines is 1. The zero-order valence-electron chi connectivity index (χ0n) is 11.3. The van der Waals surface area contributed by atoms with E-state index >= 15 is 0 Å². The molecule has 0 spiro atoms. The van der Waals surface area contributed by atoms with E-state index in [1.165, 1.54) is 10.5 Å². The van der Waals surface area contributed by atoms with Crippen LogP contribution in [-0.2, 0) is 16.0 Å². The molecule has 0 bridgehead atoms. The molecule has 1 aromatic carbocycles. The molecule has 0 radical (unpaired) electrons. The van der Waals surface area contributed by atoms with Gasteiger partial charge in [0.15, 0.2) is 0 Å². The van der Waals surface area contributed by atoms with Crippen molar-refractivity contribution in [3.8, 4) is 0 Å². The van der Waals surface area contributed by atoms with Gasteiger partial charge in [0.05, 0.1) is 0 Å². The molecule has 102 valence electrons. The molecule has 0 aromatic heterocycles. The first kappa shape index (κ1) is 13.5. The zero-order valence-corrected chi connectivity index (χ0v) is 11.3. The van der Waals surface area contributed by atoms with E-state index in [0.29, 0.717) is 13.1 Å². The summed E-state index contributed by atoms with van der Waals surface area (Å²) < 4.78 is 0. The molecular weight excluding hydrogens is 242 g/mol. The second-order valence-electron chi connectivity index (χ2n) is 4.70. The van der Waals surface area contributed by atoms with Crippen LogP contribution in [0.3, 0.4) is 0 Å². The van der Waals surface area contributed by atoms with Crippen LogP contribution >= 0.6 is 0 Å². The maximum Gasteiger partial charge on any atom is 0.316 e. The third-order valence-corrected chi connectivity index (χ3v) is 3.35. The maximum atomic E-state index is 11.9. The standard InChI is InChI=1S/C14H19N3O2/c1-15-8-7-11-3-5-12(6-4-11)17-10-9-16(2)13(18)14(17)19/h3-6,15H,7-10H2,1-2H3. The van der Waals surface area contributed by atoms with E-state index < -0.39 is 11.8 Å². The number of nitrogens with zero attached hydrogens (tertiary/aromatic N) is 2. The highest BCUT2D eigenvalue weighted by atomic mass is 16.2. The van der Waals surface area contributed by atoms with Gasteiger partial charge in [-0.25, -0.2) is 0 Å². The van der Waals surface area contributed by atoms with Crippen molar-refractivity contribution in [3.05, 3.63) is 29.8 Å². The van der Waals surface area contributed by atoms with Gasteiger partial charge in [-0.1, -0.05) is 12.1 Å². The van der Waals surface area contributed by atoms with Gasteiger partial charge >= 0.3 is 11.8 Å². The Balaban J connectivity index is 2.09. The summed E-state index contributed by atoms with van der Waals surface area (Å²) in [7, 11) is 3.57. The molecule has 5 heteroatoms.